The SMILES string of the molecule is CCN(c1cc(-c2ccc3c(c2)n(C2CCN(CC(F)F)CC2)c(=O)n3C)cc(C(=O)NCc2c(C)cc(C)[nH]c2=O)c1C)C1CCOCC1. The Kier molecular flexibility index (Phi) is 10.6. The smallest absolute Gasteiger partial charge is 0.329 e. The van der Waals surface area contributed by atoms with Gasteiger partial charge in [-0.1, -0.05) is 6.07 Å². The van der Waals surface area contributed by atoms with Crippen LogP contribution in [0.25, 0.3) is 22.2 Å². The van der Waals surface area contributed by atoms with Gasteiger partial charge in [0.15, 0.2) is 0 Å². The van der Waals surface area contributed by atoms with Crippen LogP contribution in [-0.2, 0) is 18.3 Å². The second-order valence-electron chi connectivity index (χ2n) is 13.8. The fourth-order valence-electron chi connectivity index (χ4n) is 7.84. The lowest BCUT2D eigenvalue weighted by Gasteiger charge is -2.37. The number of ether oxygens (including phenoxy) is 1. The number of carbonyl (C=O) groups excluding carboxylic acids is 1. The number of H-pyrrole nitrogens is 1. The van der Waals surface area contributed by atoms with E-state index in [0.29, 0.717) is 50.3 Å². The molecule has 12 heteroatoms. The van der Waals surface area contributed by atoms with Crippen LogP contribution in [0.2, 0.25) is 0 Å². The van der Waals surface area contributed by atoms with E-state index >= 15 is 0 Å². The number of imidazole rings is 1. The van der Waals surface area contributed by atoms with Gasteiger partial charge in [0.05, 0.1) is 17.6 Å². The normalized spacial score (nSPS) is 16.4. The number of hydrogen-bond acceptors (Lipinski definition) is 6. The average Bonchev–Trinajstić information content (AvgIpc) is 3.34. The summed E-state index contributed by atoms with van der Waals surface area (Å²) < 4.78 is 35.2. The number of carbonyl (C=O) groups is 1. The second kappa shape index (κ2) is 14.9. The fourth-order valence-corrected chi connectivity index (χ4v) is 7.84. The summed E-state index contributed by atoms with van der Waals surface area (Å²) in [7, 11) is 1.76. The number of fused-ring (bicyclic) bond motifs is 1. The molecule has 4 aromatic rings. The summed E-state index contributed by atoms with van der Waals surface area (Å²) >= 11 is 0. The van der Waals surface area contributed by atoms with Gasteiger partial charge in [-0.2, -0.15) is 0 Å². The van der Waals surface area contributed by atoms with Gasteiger partial charge in [0, 0.05) is 81.0 Å². The van der Waals surface area contributed by atoms with Crippen molar-refractivity contribution in [3.63, 3.8) is 0 Å². The Hall–Kier alpha value is -4.29. The van der Waals surface area contributed by atoms with Crippen molar-refractivity contribution in [1.29, 1.82) is 0 Å². The van der Waals surface area contributed by atoms with E-state index in [1.165, 1.54) is 0 Å². The van der Waals surface area contributed by atoms with Gasteiger partial charge >= 0.3 is 5.69 Å². The number of aryl methyl sites for hydroxylation is 3. The minimum Gasteiger partial charge on any atom is -0.381 e. The Morgan fingerprint density at radius 3 is 2.38 bits per heavy atom. The summed E-state index contributed by atoms with van der Waals surface area (Å²) in [6, 6.07) is 12.0. The number of nitrogens with zero attached hydrogens (tertiary/aromatic N) is 4. The van der Waals surface area contributed by atoms with Crippen molar-refractivity contribution in [3.05, 3.63) is 85.2 Å². The van der Waals surface area contributed by atoms with Gasteiger partial charge in [-0.25, -0.2) is 13.6 Å². The third kappa shape index (κ3) is 7.14. The van der Waals surface area contributed by atoms with Gasteiger partial charge in [0.2, 0.25) is 0 Å². The van der Waals surface area contributed by atoms with Crippen LogP contribution in [0.4, 0.5) is 14.5 Å². The lowest BCUT2D eigenvalue weighted by atomic mass is 9.94. The molecule has 0 radical (unpaired) electrons. The van der Waals surface area contributed by atoms with Gasteiger partial charge in [-0.15, -0.1) is 0 Å². The standard InChI is InChI=1S/C38H48F2N6O4/c1-6-45(28-11-15-50-16-12-28)33-20-27(18-30(25(33)4)36(47)41-21-31-23(2)17-24(3)42-37(31)48)26-7-8-32-34(19-26)46(38(49)43(32)5)29-9-13-44(14-10-29)22-35(39)40/h7-8,17-20,28-29,35H,6,9-16,21-22H2,1-5H3,(H,41,47)(H,42,48). The maximum atomic E-state index is 14.0. The second-order valence-corrected chi connectivity index (χ2v) is 13.8. The number of alkyl halides is 2. The van der Waals surface area contributed by atoms with Crippen molar-refractivity contribution in [2.45, 2.75) is 78.4 Å². The molecule has 0 atom stereocenters. The Balaban J connectivity index is 1.41. The molecule has 0 unspecified atom stereocenters. The summed E-state index contributed by atoms with van der Waals surface area (Å²) in [5, 5.41) is 3.01. The molecular weight excluding hydrogens is 642 g/mol. The maximum Gasteiger partial charge on any atom is 0.329 e. The van der Waals surface area contributed by atoms with Crippen LogP contribution in [0.1, 0.15) is 71.4 Å². The van der Waals surface area contributed by atoms with E-state index in [1.54, 1.807) is 16.5 Å². The monoisotopic (exact) mass is 690 g/mol. The van der Waals surface area contributed by atoms with Gasteiger partial charge in [-0.05, 0) is 106 Å². The summed E-state index contributed by atoms with van der Waals surface area (Å²) in [5.41, 5.74) is 7.34. The molecule has 268 valence electrons. The van der Waals surface area contributed by atoms with Gasteiger partial charge < -0.3 is 19.9 Å². The van der Waals surface area contributed by atoms with E-state index in [0.717, 1.165) is 64.1 Å². The number of pyridine rings is 1. The van der Waals surface area contributed by atoms with Crippen molar-refractivity contribution < 1.29 is 18.3 Å². The van der Waals surface area contributed by atoms with E-state index in [-0.39, 0.29) is 42.3 Å². The van der Waals surface area contributed by atoms with E-state index < -0.39 is 6.43 Å². The molecule has 10 nitrogen and oxygen atoms in total. The van der Waals surface area contributed by atoms with Gasteiger partial charge in [-0.3, -0.25) is 23.6 Å². The largest absolute Gasteiger partial charge is 0.381 e. The molecular formula is C38H48F2N6O4. The Morgan fingerprint density at radius 1 is 1.00 bits per heavy atom. The van der Waals surface area contributed by atoms with Crippen LogP contribution in [0.3, 0.4) is 0 Å². The number of piperidine rings is 1. The zero-order chi connectivity index (χ0) is 35.7. The van der Waals surface area contributed by atoms with Crippen LogP contribution in [0.5, 0.6) is 0 Å². The minimum absolute atomic E-state index is 0.0924. The third-order valence-corrected chi connectivity index (χ3v) is 10.6. The maximum absolute atomic E-state index is 14.0. The zero-order valence-corrected chi connectivity index (χ0v) is 29.7. The molecule has 0 spiro atoms. The number of nitrogens with one attached hydrogen (secondary N) is 2. The Labute approximate surface area is 291 Å². The third-order valence-electron chi connectivity index (χ3n) is 10.6. The van der Waals surface area contributed by atoms with Crippen molar-refractivity contribution in [2.75, 3.05) is 44.3 Å². The molecule has 0 bridgehead atoms. The number of halogens is 2. The molecule has 2 aromatic heterocycles. The Bertz CT molecular complexity index is 1990. The van der Waals surface area contributed by atoms with Crippen LogP contribution in [0, 0.1) is 20.8 Å². The Morgan fingerprint density at radius 2 is 1.72 bits per heavy atom. The number of aromatic amines is 1. The summed E-state index contributed by atoms with van der Waals surface area (Å²) in [5.74, 6) is -0.277. The highest BCUT2D eigenvalue weighted by atomic mass is 19.3. The van der Waals surface area contributed by atoms with E-state index in [4.69, 9.17) is 4.74 Å². The van der Waals surface area contributed by atoms with Crippen molar-refractivity contribution in [2.24, 2.45) is 7.05 Å². The number of anilines is 1. The molecule has 4 heterocycles. The lowest BCUT2D eigenvalue weighted by molar-refractivity contribution is 0.0702. The summed E-state index contributed by atoms with van der Waals surface area (Å²) in [4.78, 5) is 47.3. The van der Waals surface area contributed by atoms with E-state index in [2.05, 4.69) is 28.2 Å². The van der Waals surface area contributed by atoms with Gasteiger partial charge in [0.1, 0.15) is 0 Å². The van der Waals surface area contributed by atoms with Crippen LogP contribution in [0.15, 0.2) is 46.0 Å². The zero-order valence-electron chi connectivity index (χ0n) is 29.7. The molecule has 2 aromatic carbocycles. The van der Waals surface area contributed by atoms with Crippen molar-refractivity contribution >= 4 is 22.6 Å². The molecule has 2 saturated heterocycles. The highest BCUT2D eigenvalue weighted by Gasteiger charge is 2.28. The van der Waals surface area contributed by atoms with E-state index in [1.807, 2.05) is 55.7 Å². The predicted molar refractivity (Wildman–Crippen MR) is 193 cm³/mol. The summed E-state index contributed by atoms with van der Waals surface area (Å²) in [6.07, 6.45) is 0.592. The van der Waals surface area contributed by atoms with Crippen LogP contribution < -0.4 is 21.5 Å². The highest BCUT2D eigenvalue weighted by Crippen LogP contribution is 2.36. The quantitative estimate of drug-likeness (QED) is 0.229. The lowest BCUT2D eigenvalue weighted by Crippen LogP contribution is -2.40. The number of rotatable bonds is 10. The predicted octanol–water partition coefficient (Wildman–Crippen LogP) is 5.46. The first kappa shape index (κ1) is 35.5. The average molecular weight is 691 g/mol. The molecule has 50 heavy (non-hydrogen) atoms. The fraction of sp³-hybridized carbons (Fsp3) is 0.500. The first-order chi connectivity index (χ1) is 24.0. The molecule has 1 amide bonds. The molecule has 6 rings (SSSR count). The number of benzene rings is 2. The molecule has 2 aliphatic heterocycles. The number of hydrogen-bond donors (Lipinski definition) is 2. The molecule has 0 aliphatic carbocycles. The first-order valence-corrected chi connectivity index (χ1v) is 17.6. The topological polar surface area (TPSA) is 105 Å². The number of amides is 1. The number of aromatic nitrogens is 3. The molecule has 2 aliphatic rings. The molecule has 0 saturated carbocycles. The molecule has 2 N–H and O–H groups in total. The molecule has 2 fully saturated rings. The summed E-state index contributed by atoms with van der Waals surface area (Å²) in [6.45, 7) is 10.7. The van der Waals surface area contributed by atoms with E-state index in [9.17, 15) is 23.2 Å². The minimum atomic E-state index is -2.38. The highest BCUT2D eigenvalue weighted by molar-refractivity contribution is 5.99. The van der Waals surface area contributed by atoms with Crippen molar-refractivity contribution in [1.82, 2.24) is 24.3 Å². The van der Waals surface area contributed by atoms with Crippen LogP contribution >= 0.6 is 0 Å². The number of likely N-dealkylation sites (tertiary alicyclic amines) is 1. The first-order valence-electron chi connectivity index (χ1n) is 17.6. The van der Waals surface area contributed by atoms with Gasteiger partial charge in [0.25, 0.3) is 17.9 Å². The van der Waals surface area contributed by atoms with Crippen LogP contribution in [-0.4, -0.2) is 76.8 Å². The van der Waals surface area contributed by atoms with Crippen molar-refractivity contribution in [3.8, 4) is 11.1 Å².